The van der Waals surface area contributed by atoms with Gasteiger partial charge >= 0.3 is 0 Å². The van der Waals surface area contributed by atoms with Gasteiger partial charge < -0.3 is 10.1 Å². The van der Waals surface area contributed by atoms with E-state index in [0.717, 1.165) is 41.5 Å². The lowest BCUT2D eigenvalue weighted by Gasteiger charge is -2.27. The fraction of sp³-hybridized carbons (Fsp3) is 0.286. The summed E-state index contributed by atoms with van der Waals surface area (Å²) in [6.45, 7) is 1.77. The number of para-hydroxylation sites is 1. The third-order valence-electron chi connectivity index (χ3n) is 5.16. The van der Waals surface area contributed by atoms with Crippen molar-refractivity contribution in [2.75, 3.05) is 19.7 Å². The highest BCUT2D eigenvalue weighted by atomic mass is 16.3. The minimum atomic E-state index is -0.308. The topological polar surface area (TPSA) is 56.3 Å². The molecule has 2 N–H and O–H groups in total. The summed E-state index contributed by atoms with van der Waals surface area (Å²) < 4.78 is 0. The Labute approximate surface area is 147 Å². The molecule has 1 aliphatic rings. The van der Waals surface area contributed by atoms with Gasteiger partial charge in [0.1, 0.15) is 0 Å². The van der Waals surface area contributed by atoms with Crippen LogP contribution in [-0.2, 0) is 0 Å². The van der Waals surface area contributed by atoms with E-state index in [1.54, 1.807) is 0 Å². The third-order valence-corrected chi connectivity index (χ3v) is 5.16. The van der Waals surface area contributed by atoms with Crippen molar-refractivity contribution in [3.63, 3.8) is 0 Å². The molecule has 4 heteroatoms. The molecule has 2 atom stereocenters. The smallest absolute Gasteiger partial charge is 0.186 e. The zero-order chi connectivity index (χ0) is 17.2. The van der Waals surface area contributed by atoms with E-state index in [0.29, 0.717) is 0 Å². The number of carbonyl (C=O) groups excluding carboxylic acids is 1. The van der Waals surface area contributed by atoms with Gasteiger partial charge in [-0.25, -0.2) is 0 Å². The predicted octanol–water partition coefficient (Wildman–Crippen LogP) is 3.41. The molecule has 1 aromatic heterocycles. The molecule has 1 fully saturated rings. The number of likely N-dealkylation sites (tertiary alicyclic amines) is 1. The number of Topliss-reactive ketones (excluding diaryl/α,β-unsaturated/α-hetero) is 1. The monoisotopic (exact) mass is 334 g/mol. The van der Waals surface area contributed by atoms with Gasteiger partial charge in [-0.2, -0.15) is 0 Å². The van der Waals surface area contributed by atoms with Crippen molar-refractivity contribution < 1.29 is 9.90 Å². The van der Waals surface area contributed by atoms with Crippen LogP contribution in [0.1, 0.15) is 28.4 Å². The quantitative estimate of drug-likeness (QED) is 0.703. The van der Waals surface area contributed by atoms with Gasteiger partial charge in [0.2, 0.25) is 0 Å². The Morgan fingerprint density at radius 2 is 1.92 bits per heavy atom. The van der Waals surface area contributed by atoms with Gasteiger partial charge in [-0.15, -0.1) is 0 Å². The van der Waals surface area contributed by atoms with Crippen LogP contribution in [0.25, 0.3) is 10.9 Å². The lowest BCUT2D eigenvalue weighted by molar-refractivity contribution is 0.0840. The second-order valence-corrected chi connectivity index (χ2v) is 6.76. The third kappa shape index (κ3) is 2.99. The molecule has 0 aliphatic carbocycles. The first-order valence-corrected chi connectivity index (χ1v) is 8.78. The molecule has 1 saturated heterocycles. The molecule has 4 rings (SSSR count). The zero-order valence-corrected chi connectivity index (χ0v) is 14.1. The van der Waals surface area contributed by atoms with E-state index in [2.05, 4.69) is 9.88 Å². The van der Waals surface area contributed by atoms with Gasteiger partial charge in [0.25, 0.3) is 0 Å². The fourth-order valence-electron chi connectivity index (χ4n) is 3.83. The van der Waals surface area contributed by atoms with Crippen LogP contribution < -0.4 is 0 Å². The standard InChI is InChI=1S/C21H22N2O2/c24-14-15-10-11-23(13-15)20(16-6-2-1-3-7-16)21(25)18-12-22-19-9-5-4-8-17(18)19/h1-9,12,15,20,22,24H,10-11,13-14H2. The summed E-state index contributed by atoms with van der Waals surface area (Å²) in [5.41, 5.74) is 2.72. The largest absolute Gasteiger partial charge is 0.396 e. The molecular weight excluding hydrogens is 312 g/mol. The maximum atomic E-state index is 13.5. The second kappa shape index (κ2) is 6.82. The lowest BCUT2D eigenvalue weighted by Crippen LogP contribution is -2.33. The Hall–Kier alpha value is -2.43. The molecule has 0 spiro atoms. The van der Waals surface area contributed by atoms with Crippen LogP contribution in [0, 0.1) is 5.92 Å². The van der Waals surface area contributed by atoms with Crippen LogP contribution in [0.3, 0.4) is 0 Å². The number of carbonyl (C=O) groups is 1. The maximum Gasteiger partial charge on any atom is 0.186 e. The van der Waals surface area contributed by atoms with E-state index in [1.807, 2.05) is 60.8 Å². The molecule has 25 heavy (non-hydrogen) atoms. The minimum absolute atomic E-state index is 0.113. The molecule has 3 aromatic rings. The van der Waals surface area contributed by atoms with Crippen molar-refractivity contribution in [3.8, 4) is 0 Å². The van der Waals surface area contributed by atoms with Gasteiger partial charge in [-0.1, -0.05) is 48.5 Å². The highest BCUT2D eigenvalue weighted by Gasteiger charge is 2.34. The summed E-state index contributed by atoms with van der Waals surface area (Å²) >= 11 is 0. The number of hydrogen-bond acceptors (Lipinski definition) is 3. The fourth-order valence-corrected chi connectivity index (χ4v) is 3.83. The summed E-state index contributed by atoms with van der Waals surface area (Å²) in [6, 6.07) is 17.6. The Morgan fingerprint density at radius 1 is 1.16 bits per heavy atom. The molecule has 0 radical (unpaired) electrons. The highest BCUT2D eigenvalue weighted by Crippen LogP contribution is 2.32. The van der Waals surface area contributed by atoms with Crippen LogP contribution >= 0.6 is 0 Å². The van der Waals surface area contributed by atoms with Gasteiger partial charge in [0, 0.05) is 35.8 Å². The minimum Gasteiger partial charge on any atom is -0.396 e. The van der Waals surface area contributed by atoms with Crippen LogP contribution in [0.2, 0.25) is 0 Å². The average molecular weight is 334 g/mol. The molecule has 2 aromatic carbocycles. The van der Waals surface area contributed by atoms with Crippen molar-refractivity contribution in [2.24, 2.45) is 5.92 Å². The van der Waals surface area contributed by atoms with Crippen LogP contribution in [0.4, 0.5) is 0 Å². The number of aliphatic hydroxyl groups is 1. The number of nitrogens with one attached hydrogen (secondary N) is 1. The van der Waals surface area contributed by atoms with Gasteiger partial charge in [0.15, 0.2) is 5.78 Å². The van der Waals surface area contributed by atoms with Crippen molar-refractivity contribution >= 4 is 16.7 Å². The molecule has 0 amide bonds. The summed E-state index contributed by atoms with van der Waals surface area (Å²) in [5.74, 6) is 0.365. The second-order valence-electron chi connectivity index (χ2n) is 6.76. The number of H-pyrrole nitrogens is 1. The Kier molecular flexibility index (Phi) is 4.38. The molecule has 0 saturated carbocycles. The van der Waals surface area contributed by atoms with E-state index in [9.17, 15) is 9.90 Å². The van der Waals surface area contributed by atoms with Gasteiger partial charge in [-0.3, -0.25) is 9.69 Å². The summed E-state index contributed by atoms with van der Waals surface area (Å²) in [6.07, 6.45) is 2.75. The Balaban J connectivity index is 1.74. The average Bonchev–Trinajstić information content (AvgIpc) is 3.29. The van der Waals surface area contributed by atoms with Crippen molar-refractivity contribution in [1.29, 1.82) is 0 Å². The van der Waals surface area contributed by atoms with Crippen molar-refractivity contribution in [3.05, 3.63) is 71.9 Å². The molecule has 2 heterocycles. The van der Waals surface area contributed by atoms with Crippen molar-refractivity contribution in [1.82, 2.24) is 9.88 Å². The van der Waals surface area contributed by atoms with Gasteiger partial charge in [0.05, 0.1) is 6.04 Å². The summed E-state index contributed by atoms with van der Waals surface area (Å²) in [4.78, 5) is 18.9. The first-order chi connectivity index (χ1) is 12.3. The lowest BCUT2D eigenvalue weighted by atomic mass is 9.95. The number of aromatic amines is 1. The maximum absolute atomic E-state index is 13.5. The number of aromatic nitrogens is 1. The number of ketones is 1. The van der Waals surface area contributed by atoms with Crippen LogP contribution in [0.5, 0.6) is 0 Å². The summed E-state index contributed by atoms with van der Waals surface area (Å²) in [5, 5.41) is 10.4. The molecule has 128 valence electrons. The Bertz CT molecular complexity index is 872. The van der Waals surface area contributed by atoms with E-state index in [-0.39, 0.29) is 24.3 Å². The molecule has 0 bridgehead atoms. The first-order valence-electron chi connectivity index (χ1n) is 8.78. The number of rotatable bonds is 5. The zero-order valence-electron chi connectivity index (χ0n) is 14.1. The molecule has 4 nitrogen and oxygen atoms in total. The number of hydrogen-bond donors (Lipinski definition) is 2. The van der Waals surface area contributed by atoms with Crippen LogP contribution in [0.15, 0.2) is 60.8 Å². The molecule has 2 unspecified atom stereocenters. The number of benzene rings is 2. The van der Waals surface area contributed by atoms with E-state index in [1.165, 1.54) is 0 Å². The van der Waals surface area contributed by atoms with E-state index < -0.39 is 0 Å². The number of nitrogens with zero attached hydrogens (tertiary/aromatic N) is 1. The van der Waals surface area contributed by atoms with E-state index in [4.69, 9.17) is 0 Å². The number of fused-ring (bicyclic) bond motifs is 1. The first kappa shape index (κ1) is 16.1. The molecular formula is C21H22N2O2. The Morgan fingerprint density at radius 3 is 2.68 bits per heavy atom. The van der Waals surface area contributed by atoms with Crippen molar-refractivity contribution in [2.45, 2.75) is 12.5 Å². The SMILES string of the molecule is O=C(c1c[nH]c2ccccc12)C(c1ccccc1)N1CCC(CO)C1. The summed E-state index contributed by atoms with van der Waals surface area (Å²) in [7, 11) is 0. The highest BCUT2D eigenvalue weighted by molar-refractivity contribution is 6.10. The number of aliphatic hydroxyl groups excluding tert-OH is 1. The predicted molar refractivity (Wildman–Crippen MR) is 98.6 cm³/mol. The van der Waals surface area contributed by atoms with E-state index >= 15 is 0 Å². The van der Waals surface area contributed by atoms with Crippen LogP contribution in [-0.4, -0.2) is 40.5 Å². The van der Waals surface area contributed by atoms with Gasteiger partial charge in [-0.05, 0) is 30.5 Å². The normalized spacial score (nSPS) is 19.3. The molecule has 1 aliphatic heterocycles.